The first-order valence-electron chi connectivity index (χ1n) is 4.75. The summed E-state index contributed by atoms with van der Waals surface area (Å²) in [6.45, 7) is 0.401. The van der Waals surface area contributed by atoms with E-state index in [0.29, 0.717) is 23.7 Å². The van der Waals surface area contributed by atoms with Crippen molar-refractivity contribution in [2.24, 2.45) is 0 Å². The van der Waals surface area contributed by atoms with Crippen LogP contribution in [-0.4, -0.2) is 18.2 Å². The van der Waals surface area contributed by atoms with Crippen molar-refractivity contribution in [2.45, 2.75) is 11.3 Å². The van der Waals surface area contributed by atoms with Gasteiger partial charge in [-0.05, 0) is 12.1 Å². The number of thioether (sulfide) groups is 1. The quantitative estimate of drug-likeness (QED) is 0.649. The second kappa shape index (κ2) is 7.15. The summed E-state index contributed by atoms with van der Waals surface area (Å²) in [4.78, 5) is 12.2. The fourth-order valence-electron chi connectivity index (χ4n) is 1.01. The smallest absolute Gasteiger partial charge is 0.230 e. The van der Waals surface area contributed by atoms with Crippen molar-refractivity contribution in [1.82, 2.24) is 5.32 Å². The van der Waals surface area contributed by atoms with Crippen molar-refractivity contribution >= 4 is 29.3 Å². The highest BCUT2D eigenvalue weighted by atomic mass is 35.5. The maximum absolute atomic E-state index is 11.3. The topological polar surface area (TPSA) is 52.9 Å². The van der Waals surface area contributed by atoms with E-state index < -0.39 is 0 Å². The minimum atomic E-state index is -0.0832. The number of nitrogens with one attached hydrogen (secondary N) is 1. The van der Waals surface area contributed by atoms with Crippen LogP contribution in [0.5, 0.6) is 0 Å². The van der Waals surface area contributed by atoms with Gasteiger partial charge >= 0.3 is 0 Å². The van der Waals surface area contributed by atoms with E-state index in [1.54, 1.807) is 6.07 Å². The first kappa shape index (κ1) is 12.9. The first-order valence-corrected chi connectivity index (χ1v) is 6.11. The van der Waals surface area contributed by atoms with Gasteiger partial charge in [0.15, 0.2) is 0 Å². The van der Waals surface area contributed by atoms with Crippen LogP contribution in [0.4, 0.5) is 0 Å². The third-order valence-corrected chi connectivity index (χ3v) is 3.27. The molecule has 0 aliphatic rings. The fourth-order valence-corrected chi connectivity index (χ4v) is 2.08. The molecule has 16 heavy (non-hydrogen) atoms. The summed E-state index contributed by atoms with van der Waals surface area (Å²) in [5.41, 5.74) is 0. The van der Waals surface area contributed by atoms with E-state index in [1.807, 2.05) is 24.3 Å². The first-order chi connectivity index (χ1) is 7.74. The van der Waals surface area contributed by atoms with Crippen molar-refractivity contribution in [2.75, 3.05) is 12.3 Å². The molecule has 0 aromatic heterocycles. The number of carbonyl (C=O) groups excluding carboxylic acids is 1. The number of benzene rings is 1. The lowest BCUT2D eigenvalue weighted by molar-refractivity contribution is -0.118. The van der Waals surface area contributed by atoms with Crippen LogP contribution >= 0.6 is 23.4 Å². The summed E-state index contributed by atoms with van der Waals surface area (Å²) >= 11 is 7.33. The molecule has 0 aliphatic heterocycles. The molecule has 1 aromatic rings. The molecule has 0 aliphatic carbocycles. The van der Waals surface area contributed by atoms with Crippen LogP contribution in [0.25, 0.3) is 0 Å². The van der Waals surface area contributed by atoms with Crippen molar-refractivity contribution in [3.63, 3.8) is 0 Å². The number of hydrogen-bond acceptors (Lipinski definition) is 3. The van der Waals surface area contributed by atoms with Crippen LogP contribution in [0.3, 0.4) is 0 Å². The van der Waals surface area contributed by atoms with Crippen molar-refractivity contribution < 1.29 is 4.79 Å². The molecule has 0 unspecified atom stereocenters. The van der Waals surface area contributed by atoms with Gasteiger partial charge < -0.3 is 5.32 Å². The number of halogens is 1. The normalized spacial score (nSPS) is 9.50. The molecule has 1 N–H and O–H groups in total. The van der Waals surface area contributed by atoms with Gasteiger partial charge in [0.1, 0.15) is 0 Å². The molecule has 0 heterocycles. The Bertz CT molecular complexity index is 403. The standard InChI is InChI=1S/C11H11ClN2OS/c12-9-4-1-2-5-10(9)16-8-11(15)14-7-3-6-13/h1-2,4-5H,3,7-8H2,(H,14,15). The van der Waals surface area contributed by atoms with Crippen LogP contribution < -0.4 is 5.32 Å². The van der Waals surface area contributed by atoms with Gasteiger partial charge in [-0.1, -0.05) is 23.7 Å². The molecule has 0 atom stereocenters. The van der Waals surface area contributed by atoms with Crippen LogP contribution in [-0.2, 0) is 4.79 Å². The molecule has 84 valence electrons. The number of nitriles is 1. The van der Waals surface area contributed by atoms with E-state index >= 15 is 0 Å². The van der Waals surface area contributed by atoms with Gasteiger partial charge in [-0.3, -0.25) is 4.79 Å². The lowest BCUT2D eigenvalue weighted by Gasteiger charge is -2.04. The summed E-state index contributed by atoms with van der Waals surface area (Å²) < 4.78 is 0. The summed E-state index contributed by atoms with van der Waals surface area (Å²) in [6, 6.07) is 9.35. The highest BCUT2D eigenvalue weighted by molar-refractivity contribution is 8.00. The molecule has 3 nitrogen and oxygen atoms in total. The second-order valence-corrected chi connectivity index (χ2v) is 4.40. The Hall–Kier alpha value is -1.18. The van der Waals surface area contributed by atoms with E-state index in [-0.39, 0.29) is 5.91 Å². The van der Waals surface area contributed by atoms with Gasteiger partial charge in [0.25, 0.3) is 0 Å². The second-order valence-electron chi connectivity index (χ2n) is 2.98. The van der Waals surface area contributed by atoms with E-state index in [4.69, 9.17) is 16.9 Å². The highest BCUT2D eigenvalue weighted by Gasteiger charge is 2.04. The van der Waals surface area contributed by atoms with Gasteiger partial charge in [0.05, 0.1) is 23.3 Å². The summed E-state index contributed by atoms with van der Waals surface area (Å²) in [5.74, 6) is 0.231. The Balaban J connectivity index is 2.32. The number of amides is 1. The number of hydrogen-bond donors (Lipinski definition) is 1. The number of carbonyl (C=O) groups is 1. The van der Waals surface area contributed by atoms with Crippen molar-refractivity contribution in [3.05, 3.63) is 29.3 Å². The van der Waals surface area contributed by atoms with Crippen molar-refractivity contribution in [3.8, 4) is 6.07 Å². The maximum atomic E-state index is 11.3. The van der Waals surface area contributed by atoms with Crippen LogP contribution in [0, 0.1) is 11.3 Å². The molecule has 0 saturated carbocycles. The van der Waals surface area contributed by atoms with E-state index in [2.05, 4.69) is 5.32 Å². The fraction of sp³-hybridized carbons (Fsp3) is 0.273. The minimum absolute atomic E-state index is 0.0832. The Morgan fingerprint density at radius 3 is 2.94 bits per heavy atom. The molecule has 0 saturated heterocycles. The van der Waals surface area contributed by atoms with E-state index in [9.17, 15) is 4.79 Å². The number of nitrogens with zero attached hydrogens (tertiary/aromatic N) is 1. The molecular weight excluding hydrogens is 244 g/mol. The zero-order valence-electron chi connectivity index (χ0n) is 8.57. The Labute approximate surface area is 104 Å². The lowest BCUT2D eigenvalue weighted by atomic mass is 10.4. The molecule has 1 aromatic carbocycles. The van der Waals surface area contributed by atoms with Crippen LogP contribution in [0.15, 0.2) is 29.2 Å². The third-order valence-electron chi connectivity index (χ3n) is 1.75. The van der Waals surface area contributed by atoms with Gasteiger partial charge in [-0.15, -0.1) is 11.8 Å². The summed E-state index contributed by atoms with van der Waals surface area (Å²) in [6.07, 6.45) is 0.336. The lowest BCUT2D eigenvalue weighted by Crippen LogP contribution is -2.25. The monoisotopic (exact) mass is 254 g/mol. The Kier molecular flexibility index (Phi) is 5.76. The average Bonchev–Trinajstić information content (AvgIpc) is 2.28. The predicted molar refractivity (Wildman–Crippen MR) is 65.4 cm³/mol. The molecular formula is C11H11ClN2OS. The van der Waals surface area contributed by atoms with E-state index in [0.717, 1.165) is 4.90 Å². The molecule has 5 heteroatoms. The maximum Gasteiger partial charge on any atom is 0.230 e. The predicted octanol–water partition coefficient (Wildman–Crippen LogP) is 2.46. The summed E-state index contributed by atoms with van der Waals surface area (Å²) in [7, 11) is 0. The molecule has 0 radical (unpaired) electrons. The zero-order valence-corrected chi connectivity index (χ0v) is 10.1. The minimum Gasteiger partial charge on any atom is -0.354 e. The SMILES string of the molecule is N#CCCNC(=O)CSc1ccccc1Cl. The largest absolute Gasteiger partial charge is 0.354 e. The van der Waals surface area contributed by atoms with Gasteiger partial charge in [-0.2, -0.15) is 5.26 Å². The Morgan fingerprint density at radius 2 is 2.25 bits per heavy atom. The van der Waals surface area contributed by atoms with Crippen LogP contribution in [0.1, 0.15) is 6.42 Å². The molecule has 0 spiro atoms. The Morgan fingerprint density at radius 1 is 1.50 bits per heavy atom. The molecule has 0 fully saturated rings. The molecule has 1 rings (SSSR count). The third kappa shape index (κ3) is 4.56. The van der Waals surface area contributed by atoms with Gasteiger partial charge in [0, 0.05) is 11.4 Å². The highest BCUT2D eigenvalue weighted by Crippen LogP contribution is 2.26. The average molecular weight is 255 g/mol. The van der Waals surface area contributed by atoms with Crippen molar-refractivity contribution in [1.29, 1.82) is 5.26 Å². The molecule has 0 bridgehead atoms. The zero-order chi connectivity index (χ0) is 11.8. The molecule has 1 amide bonds. The number of rotatable bonds is 5. The van der Waals surface area contributed by atoms with E-state index in [1.165, 1.54) is 11.8 Å². The van der Waals surface area contributed by atoms with Crippen LogP contribution in [0.2, 0.25) is 5.02 Å². The van der Waals surface area contributed by atoms with Gasteiger partial charge in [-0.25, -0.2) is 0 Å². The van der Waals surface area contributed by atoms with Gasteiger partial charge in [0.2, 0.25) is 5.91 Å². The summed E-state index contributed by atoms with van der Waals surface area (Å²) in [5, 5.41) is 11.6.